The molecule has 0 spiro atoms. The van der Waals surface area contributed by atoms with E-state index in [9.17, 15) is 12.8 Å². The van der Waals surface area contributed by atoms with Crippen molar-refractivity contribution in [3.05, 3.63) is 35.7 Å². The maximum Gasteiger partial charge on any atom is 0.229 e. The van der Waals surface area contributed by atoms with Crippen molar-refractivity contribution in [1.29, 1.82) is 0 Å². The van der Waals surface area contributed by atoms with Crippen LogP contribution in [0.5, 0.6) is 0 Å². The van der Waals surface area contributed by atoms with Crippen LogP contribution >= 0.6 is 0 Å². The topological polar surface area (TPSA) is 46.2 Å². The lowest BCUT2D eigenvalue weighted by Gasteiger charge is -2.04. The zero-order valence-electron chi connectivity index (χ0n) is 8.49. The first-order valence-electron chi connectivity index (χ1n) is 4.32. The zero-order chi connectivity index (χ0) is 11.5. The number of hydrogen-bond donors (Lipinski definition) is 1. The lowest BCUT2D eigenvalue weighted by molar-refractivity contribution is 0.606. The van der Waals surface area contributed by atoms with E-state index in [4.69, 9.17) is 0 Å². The second kappa shape index (κ2) is 4.44. The average Bonchev–Trinajstić information content (AvgIpc) is 2.07. The summed E-state index contributed by atoms with van der Waals surface area (Å²) in [7, 11) is -3.35. The molecule has 5 heteroatoms. The number of anilines is 1. The Kier molecular flexibility index (Phi) is 3.47. The number of rotatable bonds is 3. The van der Waals surface area contributed by atoms with Gasteiger partial charge in [-0.15, -0.1) is 0 Å². The minimum Gasteiger partial charge on any atom is -0.284 e. The molecule has 0 unspecified atom stereocenters. The molecule has 0 amide bonds. The van der Waals surface area contributed by atoms with Crippen molar-refractivity contribution in [3.8, 4) is 0 Å². The van der Waals surface area contributed by atoms with Crippen molar-refractivity contribution in [1.82, 2.24) is 0 Å². The number of allylic oxidation sites excluding steroid dienone is 1. The first-order chi connectivity index (χ1) is 6.92. The highest BCUT2D eigenvalue weighted by atomic mass is 32.2. The summed E-state index contributed by atoms with van der Waals surface area (Å²) in [6.45, 7) is 1.78. The summed E-state index contributed by atoms with van der Waals surface area (Å²) in [5, 5.41) is 0. The maximum absolute atomic E-state index is 13.3. The first kappa shape index (κ1) is 11.7. The van der Waals surface area contributed by atoms with Crippen molar-refractivity contribution in [2.24, 2.45) is 0 Å². The molecule has 15 heavy (non-hydrogen) atoms. The van der Waals surface area contributed by atoms with Crippen LogP contribution in [0.1, 0.15) is 12.5 Å². The highest BCUT2D eigenvalue weighted by Crippen LogP contribution is 2.16. The van der Waals surface area contributed by atoms with Gasteiger partial charge in [0.1, 0.15) is 5.82 Å². The molecule has 0 fully saturated rings. The minimum absolute atomic E-state index is 0.225. The molecule has 0 atom stereocenters. The standard InChI is InChI=1S/C10H12FNO2S/c1-3-4-8-5-6-9(7-10(8)11)12-15(2,13)14/h3-7,12H,1-2H3/b4-3+. The van der Waals surface area contributed by atoms with Crippen LogP contribution in [0.3, 0.4) is 0 Å². The summed E-state index contributed by atoms with van der Waals surface area (Å²) in [5.41, 5.74) is 0.653. The third-order valence-electron chi connectivity index (χ3n) is 1.65. The Labute approximate surface area is 88.7 Å². The molecule has 1 aromatic rings. The number of sulfonamides is 1. The highest BCUT2D eigenvalue weighted by Gasteiger charge is 2.04. The van der Waals surface area contributed by atoms with Gasteiger partial charge in [-0.2, -0.15) is 0 Å². The van der Waals surface area contributed by atoms with Gasteiger partial charge in [0, 0.05) is 5.56 Å². The number of nitrogens with one attached hydrogen (secondary N) is 1. The van der Waals surface area contributed by atoms with Crippen molar-refractivity contribution < 1.29 is 12.8 Å². The molecule has 3 nitrogen and oxygen atoms in total. The van der Waals surface area contributed by atoms with E-state index in [1.54, 1.807) is 19.1 Å². The van der Waals surface area contributed by atoms with Gasteiger partial charge in [0.2, 0.25) is 10.0 Å². The van der Waals surface area contributed by atoms with Gasteiger partial charge in [-0.3, -0.25) is 4.72 Å². The molecular formula is C10H12FNO2S. The molecule has 0 aromatic heterocycles. The third-order valence-corrected chi connectivity index (χ3v) is 2.26. The summed E-state index contributed by atoms with van der Waals surface area (Å²) in [6, 6.07) is 4.18. The Hall–Kier alpha value is -1.36. The predicted molar refractivity (Wildman–Crippen MR) is 59.6 cm³/mol. The predicted octanol–water partition coefficient (Wildman–Crippen LogP) is 2.23. The van der Waals surface area contributed by atoms with Crippen molar-refractivity contribution in [3.63, 3.8) is 0 Å². The molecular weight excluding hydrogens is 217 g/mol. The van der Waals surface area contributed by atoms with Crippen LogP contribution in [-0.2, 0) is 10.0 Å². The van der Waals surface area contributed by atoms with Crippen LogP contribution in [-0.4, -0.2) is 14.7 Å². The van der Waals surface area contributed by atoms with E-state index in [1.807, 2.05) is 0 Å². The highest BCUT2D eigenvalue weighted by molar-refractivity contribution is 7.92. The molecule has 0 aliphatic heterocycles. The van der Waals surface area contributed by atoms with Crippen LogP contribution in [0, 0.1) is 5.82 Å². The molecule has 0 saturated heterocycles. The Balaban J connectivity index is 3.02. The monoisotopic (exact) mass is 229 g/mol. The van der Waals surface area contributed by atoms with Gasteiger partial charge >= 0.3 is 0 Å². The van der Waals surface area contributed by atoms with E-state index < -0.39 is 15.8 Å². The number of benzene rings is 1. The van der Waals surface area contributed by atoms with E-state index in [2.05, 4.69) is 4.72 Å². The lowest BCUT2D eigenvalue weighted by Crippen LogP contribution is -2.09. The van der Waals surface area contributed by atoms with Crippen molar-refractivity contribution >= 4 is 21.8 Å². The number of halogens is 1. The fraction of sp³-hybridized carbons (Fsp3) is 0.200. The largest absolute Gasteiger partial charge is 0.284 e. The summed E-state index contributed by atoms with van der Waals surface area (Å²) >= 11 is 0. The van der Waals surface area contributed by atoms with E-state index in [0.29, 0.717) is 5.56 Å². The van der Waals surface area contributed by atoms with Gasteiger partial charge in [0.25, 0.3) is 0 Å². The van der Waals surface area contributed by atoms with Crippen LogP contribution in [0.2, 0.25) is 0 Å². The molecule has 0 heterocycles. The fourth-order valence-electron chi connectivity index (χ4n) is 1.12. The molecule has 0 bridgehead atoms. The summed E-state index contributed by atoms with van der Waals surface area (Å²) < 4.78 is 37.3. The summed E-state index contributed by atoms with van der Waals surface area (Å²) in [6.07, 6.45) is 4.34. The van der Waals surface area contributed by atoms with E-state index in [-0.39, 0.29) is 5.69 Å². The molecule has 0 aliphatic rings. The SMILES string of the molecule is C/C=C/c1ccc(NS(C)(=O)=O)cc1F. The Bertz CT molecular complexity index is 480. The molecule has 0 aliphatic carbocycles. The van der Waals surface area contributed by atoms with Crippen LogP contribution in [0.25, 0.3) is 6.08 Å². The molecule has 82 valence electrons. The van der Waals surface area contributed by atoms with Crippen LogP contribution in [0.4, 0.5) is 10.1 Å². The van der Waals surface area contributed by atoms with Gasteiger partial charge in [-0.25, -0.2) is 12.8 Å². The van der Waals surface area contributed by atoms with Gasteiger partial charge in [0.15, 0.2) is 0 Å². The van der Waals surface area contributed by atoms with Gasteiger partial charge in [-0.05, 0) is 25.1 Å². The van der Waals surface area contributed by atoms with Crippen LogP contribution < -0.4 is 4.72 Å². The first-order valence-corrected chi connectivity index (χ1v) is 6.21. The molecule has 1 aromatic carbocycles. The van der Waals surface area contributed by atoms with Crippen molar-refractivity contribution in [2.45, 2.75) is 6.92 Å². The Morgan fingerprint density at radius 1 is 1.40 bits per heavy atom. The molecule has 0 radical (unpaired) electrons. The van der Waals surface area contributed by atoms with Gasteiger partial charge in [0.05, 0.1) is 11.9 Å². The lowest BCUT2D eigenvalue weighted by atomic mass is 10.2. The van der Waals surface area contributed by atoms with Gasteiger partial charge < -0.3 is 0 Å². The van der Waals surface area contributed by atoms with Gasteiger partial charge in [-0.1, -0.05) is 12.2 Å². The average molecular weight is 229 g/mol. The molecule has 1 N–H and O–H groups in total. The minimum atomic E-state index is -3.35. The zero-order valence-corrected chi connectivity index (χ0v) is 9.31. The fourth-order valence-corrected chi connectivity index (χ4v) is 1.67. The van der Waals surface area contributed by atoms with E-state index in [0.717, 1.165) is 12.3 Å². The molecule has 0 saturated carbocycles. The maximum atomic E-state index is 13.3. The second-order valence-corrected chi connectivity index (χ2v) is 4.86. The Morgan fingerprint density at radius 2 is 2.07 bits per heavy atom. The quantitative estimate of drug-likeness (QED) is 0.863. The molecule has 1 rings (SSSR count). The van der Waals surface area contributed by atoms with Crippen LogP contribution in [0.15, 0.2) is 24.3 Å². The third kappa shape index (κ3) is 3.71. The smallest absolute Gasteiger partial charge is 0.229 e. The summed E-state index contributed by atoms with van der Waals surface area (Å²) in [5.74, 6) is -0.457. The number of hydrogen-bond acceptors (Lipinski definition) is 2. The Morgan fingerprint density at radius 3 is 2.53 bits per heavy atom. The normalized spacial score (nSPS) is 11.9. The van der Waals surface area contributed by atoms with Crippen molar-refractivity contribution in [2.75, 3.05) is 11.0 Å². The van der Waals surface area contributed by atoms with E-state index >= 15 is 0 Å². The summed E-state index contributed by atoms with van der Waals surface area (Å²) in [4.78, 5) is 0. The second-order valence-electron chi connectivity index (χ2n) is 3.11. The van der Waals surface area contributed by atoms with E-state index in [1.165, 1.54) is 12.1 Å².